The van der Waals surface area contributed by atoms with Crippen LogP contribution in [-0.2, 0) is 9.53 Å². The van der Waals surface area contributed by atoms with Crippen molar-refractivity contribution >= 4 is 5.91 Å². The summed E-state index contributed by atoms with van der Waals surface area (Å²) in [6.07, 6.45) is 0. The van der Waals surface area contributed by atoms with Crippen molar-refractivity contribution in [3.05, 3.63) is 0 Å². The number of rotatable bonds is 4. The molecule has 1 aliphatic heterocycles. The average molecular weight is 228 g/mol. The molecule has 0 aliphatic carbocycles. The molecule has 1 fully saturated rings. The zero-order valence-corrected chi connectivity index (χ0v) is 10.9. The Bertz CT molecular complexity index is 241. The van der Waals surface area contributed by atoms with Crippen LogP contribution in [0.1, 0.15) is 27.7 Å². The lowest BCUT2D eigenvalue weighted by Gasteiger charge is -2.43. The molecule has 0 bridgehead atoms. The number of hydrogen-bond donors (Lipinski definition) is 1. The number of nitrogens with one attached hydrogen (secondary N) is 1. The second kappa shape index (κ2) is 5.64. The van der Waals surface area contributed by atoms with E-state index in [-0.39, 0.29) is 17.4 Å². The molecule has 0 aromatic carbocycles. The number of ether oxygens (including phenoxy) is 1. The molecular weight excluding hydrogens is 204 g/mol. The van der Waals surface area contributed by atoms with Crippen LogP contribution in [0.2, 0.25) is 0 Å². The van der Waals surface area contributed by atoms with Crippen molar-refractivity contribution in [3.8, 4) is 0 Å². The Labute approximate surface area is 98.3 Å². The van der Waals surface area contributed by atoms with Gasteiger partial charge in [-0.3, -0.25) is 4.79 Å². The van der Waals surface area contributed by atoms with Crippen molar-refractivity contribution in [2.75, 3.05) is 32.8 Å². The Morgan fingerprint density at radius 1 is 1.56 bits per heavy atom. The second-order valence-electron chi connectivity index (χ2n) is 5.06. The summed E-state index contributed by atoms with van der Waals surface area (Å²) in [6.45, 7) is 11.8. The summed E-state index contributed by atoms with van der Waals surface area (Å²) < 4.78 is 5.42. The standard InChI is InChI=1S/C12H24N2O2/c1-5-13-8-10(2)11(15)14-6-7-16-9-12(14,3)4/h10,13H,5-9H2,1-4H3. The summed E-state index contributed by atoms with van der Waals surface area (Å²) in [5.74, 6) is 0.270. The minimum Gasteiger partial charge on any atom is -0.377 e. The maximum atomic E-state index is 12.2. The van der Waals surface area contributed by atoms with Crippen LogP contribution in [0.4, 0.5) is 0 Å². The van der Waals surface area contributed by atoms with Crippen LogP contribution in [0, 0.1) is 5.92 Å². The van der Waals surface area contributed by atoms with Crippen LogP contribution in [0.3, 0.4) is 0 Å². The van der Waals surface area contributed by atoms with E-state index in [0.717, 1.165) is 13.1 Å². The van der Waals surface area contributed by atoms with Crippen molar-refractivity contribution < 1.29 is 9.53 Å². The lowest BCUT2D eigenvalue weighted by Crippen LogP contribution is -2.57. The minimum atomic E-state index is -0.171. The Morgan fingerprint density at radius 2 is 2.25 bits per heavy atom. The van der Waals surface area contributed by atoms with Gasteiger partial charge in [0.15, 0.2) is 0 Å². The van der Waals surface area contributed by atoms with Crippen LogP contribution in [0.5, 0.6) is 0 Å². The van der Waals surface area contributed by atoms with Gasteiger partial charge in [0.1, 0.15) is 0 Å². The largest absolute Gasteiger partial charge is 0.377 e. The molecule has 1 atom stereocenters. The number of carbonyl (C=O) groups is 1. The van der Waals surface area contributed by atoms with Gasteiger partial charge in [-0.1, -0.05) is 13.8 Å². The molecule has 94 valence electrons. The number of nitrogens with zero attached hydrogens (tertiary/aromatic N) is 1. The van der Waals surface area contributed by atoms with Gasteiger partial charge in [-0.25, -0.2) is 0 Å². The molecule has 4 nitrogen and oxygen atoms in total. The third-order valence-electron chi connectivity index (χ3n) is 3.03. The van der Waals surface area contributed by atoms with Crippen molar-refractivity contribution in [2.45, 2.75) is 33.2 Å². The summed E-state index contributed by atoms with van der Waals surface area (Å²) in [7, 11) is 0. The van der Waals surface area contributed by atoms with Gasteiger partial charge < -0.3 is 15.0 Å². The van der Waals surface area contributed by atoms with Gasteiger partial charge in [-0.05, 0) is 20.4 Å². The Morgan fingerprint density at radius 3 is 2.81 bits per heavy atom. The SMILES string of the molecule is CCNCC(C)C(=O)N1CCOCC1(C)C. The average Bonchev–Trinajstić information content (AvgIpc) is 2.24. The van der Waals surface area contributed by atoms with Crippen LogP contribution >= 0.6 is 0 Å². The maximum Gasteiger partial charge on any atom is 0.227 e. The molecule has 4 heteroatoms. The monoisotopic (exact) mass is 228 g/mol. The highest BCUT2D eigenvalue weighted by Gasteiger charge is 2.35. The highest BCUT2D eigenvalue weighted by atomic mass is 16.5. The van der Waals surface area contributed by atoms with E-state index >= 15 is 0 Å². The molecule has 1 rings (SSSR count). The fourth-order valence-corrected chi connectivity index (χ4v) is 1.98. The molecule has 1 unspecified atom stereocenters. The van der Waals surface area contributed by atoms with Gasteiger partial charge in [0.2, 0.25) is 5.91 Å². The van der Waals surface area contributed by atoms with E-state index in [9.17, 15) is 4.79 Å². The first kappa shape index (κ1) is 13.5. The fraction of sp³-hybridized carbons (Fsp3) is 0.917. The van der Waals surface area contributed by atoms with E-state index in [4.69, 9.17) is 4.74 Å². The summed E-state index contributed by atoms with van der Waals surface area (Å²) in [6, 6.07) is 0. The van der Waals surface area contributed by atoms with Crippen LogP contribution in [0.15, 0.2) is 0 Å². The van der Waals surface area contributed by atoms with Crippen molar-refractivity contribution in [3.63, 3.8) is 0 Å². The third kappa shape index (κ3) is 3.19. The molecule has 0 spiro atoms. The zero-order valence-electron chi connectivity index (χ0n) is 10.9. The van der Waals surface area contributed by atoms with Gasteiger partial charge in [0, 0.05) is 19.0 Å². The van der Waals surface area contributed by atoms with E-state index in [1.54, 1.807) is 0 Å². The first-order chi connectivity index (χ1) is 7.49. The van der Waals surface area contributed by atoms with Crippen LogP contribution in [0.25, 0.3) is 0 Å². The van der Waals surface area contributed by atoms with Gasteiger partial charge in [-0.2, -0.15) is 0 Å². The molecule has 1 amide bonds. The first-order valence-corrected chi connectivity index (χ1v) is 6.09. The molecule has 0 aromatic rings. The van der Waals surface area contributed by atoms with Crippen molar-refractivity contribution in [1.29, 1.82) is 0 Å². The Balaban J connectivity index is 2.57. The Kier molecular flexibility index (Phi) is 4.74. The lowest BCUT2D eigenvalue weighted by molar-refractivity contribution is -0.150. The zero-order chi connectivity index (χ0) is 12.2. The molecule has 0 saturated carbocycles. The predicted molar refractivity (Wildman–Crippen MR) is 64.3 cm³/mol. The quantitative estimate of drug-likeness (QED) is 0.776. The van der Waals surface area contributed by atoms with Crippen LogP contribution in [-0.4, -0.2) is 49.2 Å². The number of carbonyl (C=O) groups excluding carboxylic acids is 1. The summed E-state index contributed by atoms with van der Waals surface area (Å²) >= 11 is 0. The number of amides is 1. The minimum absolute atomic E-state index is 0.0392. The van der Waals surface area contributed by atoms with Crippen molar-refractivity contribution in [2.24, 2.45) is 5.92 Å². The molecular formula is C12H24N2O2. The van der Waals surface area contributed by atoms with Gasteiger partial charge in [-0.15, -0.1) is 0 Å². The van der Waals surface area contributed by atoms with Gasteiger partial charge in [0.25, 0.3) is 0 Å². The highest BCUT2D eigenvalue weighted by molar-refractivity contribution is 5.79. The Hall–Kier alpha value is -0.610. The normalized spacial score (nSPS) is 21.9. The fourth-order valence-electron chi connectivity index (χ4n) is 1.98. The van der Waals surface area contributed by atoms with E-state index in [1.165, 1.54) is 0 Å². The maximum absolute atomic E-state index is 12.2. The summed E-state index contributed by atoms with van der Waals surface area (Å²) in [5.41, 5.74) is -0.171. The van der Waals surface area contributed by atoms with Crippen molar-refractivity contribution in [1.82, 2.24) is 10.2 Å². The van der Waals surface area contributed by atoms with E-state index in [1.807, 2.05) is 11.8 Å². The molecule has 1 saturated heterocycles. The highest BCUT2D eigenvalue weighted by Crippen LogP contribution is 2.21. The van der Waals surface area contributed by atoms with Crippen LogP contribution < -0.4 is 5.32 Å². The summed E-state index contributed by atoms with van der Waals surface area (Å²) in [4.78, 5) is 14.2. The molecule has 16 heavy (non-hydrogen) atoms. The van der Waals surface area contributed by atoms with E-state index in [2.05, 4.69) is 26.1 Å². The molecule has 0 radical (unpaired) electrons. The van der Waals surface area contributed by atoms with E-state index in [0.29, 0.717) is 19.8 Å². The second-order valence-corrected chi connectivity index (χ2v) is 5.06. The molecule has 1 heterocycles. The molecule has 0 aromatic heterocycles. The summed E-state index contributed by atoms with van der Waals surface area (Å²) in [5, 5.41) is 3.22. The first-order valence-electron chi connectivity index (χ1n) is 6.09. The van der Waals surface area contributed by atoms with E-state index < -0.39 is 0 Å². The molecule has 1 N–H and O–H groups in total. The number of hydrogen-bond acceptors (Lipinski definition) is 3. The topological polar surface area (TPSA) is 41.6 Å². The third-order valence-corrected chi connectivity index (χ3v) is 3.03. The number of morpholine rings is 1. The predicted octanol–water partition coefficient (Wildman–Crippen LogP) is 0.869. The smallest absolute Gasteiger partial charge is 0.227 e. The van der Waals surface area contributed by atoms with Gasteiger partial charge >= 0.3 is 0 Å². The lowest BCUT2D eigenvalue weighted by atomic mass is 9.99. The van der Waals surface area contributed by atoms with Gasteiger partial charge in [0.05, 0.1) is 18.8 Å². The molecule has 1 aliphatic rings.